The monoisotopic (exact) mass is 293 g/mol. The summed E-state index contributed by atoms with van der Waals surface area (Å²) < 4.78 is 6.87. The molecule has 1 amide bonds. The maximum Gasteiger partial charge on any atom is 0.246 e. The normalized spacial score (nSPS) is 23.1. The highest BCUT2D eigenvalue weighted by Gasteiger charge is 2.37. The highest BCUT2D eigenvalue weighted by Crippen LogP contribution is 2.24. The first kappa shape index (κ1) is 15.7. The largest absolute Gasteiger partial charge is 0.380 e. The summed E-state index contributed by atoms with van der Waals surface area (Å²) in [5.41, 5.74) is 0.924. The molecule has 1 saturated heterocycles. The molecule has 0 N–H and O–H groups in total. The number of hydrogen-bond acceptors (Lipinski definition) is 5. The molecule has 7 nitrogen and oxygen atoms in total. The Morgan fingerprint density at radius 2 is 2.24 bits per heavy atom. The van der Waals surface area contributed by atoms with Gasteiger partial charge in [0.05, 0.1) is 24.9 Å². The molecule has 1 aromatic rings. The lowest BCUT2D eigenvalue weighted by molar-refractivity contribution is -0.125. The van der Waals surface area contributed by atoms with Crippen LogP contribution in [0.4, 0.5) is 0 Å². The molecule has 0 bridgehead atoms. The Labute approximate surface area is 125 Å². The lowest BCUT2D eigenvalue weighted by Gasteiger charge is -2.24. The Hall–Kier alpha value is -1.73. The van der Waals surface area contributed by atoms with Gasteiger partial charge >= 0.3 is 0 Å². The fourth-order valence-corrected chi connectivity index (χ4v) is 2.68. The van der Waals surface area contributed by atoms with Gasteiger partial charge in [0.2, 0.25) is 5.91 Å². The van der Waals surface area contributed by atoms with Gasteiger partial charge in [-0.2, -0.15) is 0 Å². The molecule has 0 unspecified atom stereocenters. The molecule has 1 fully saturated rings. The van der Waals surface area contributed by atoms with Crippen molar-refractivity contribution in [1.82, 2.24) is 24.8 Å². The van der Waals surface area contributed by atoms with Gasteiger partial charge < -0.3 is 14.5 Å². The van der Waals surface area contributed by atoms with Crippen molar-refractivity contribution in [2.45, 2.75) is 19.0 Å². The molecule has 2 atom stereocenters. The van der Waals surface area contributed by atoms with Gasteiger partial charge in [-0.3, -0.25) is 4.79 Å². The molecule has 0 aromatic carbocycles. The van der Waals surface area contributed by atoms with Crippen LogP contribution in [0.2, 0.25) is 0 Å². The second-order valence-corrected chi connectivity index (χ2v) is 5.65. The van der Waals surface area contributed by atoms with Crippen LogP contribution >= 0.6 is 0 Å². The number of nitrogens with zero attached hydrogens (tertiary/aromatic N) is 5. The fourth-order valence-electron chi connectivity index (χ4n) is 2.68. The summed E-state index contributed by atoms with van der Waals surface area (Å²) in [6.45, 7) is 3.70. The van der Waals surface area contributed by atoms with Gasteiger partial charge in [-0.05, 0) is 26.6 Å². The third-order valence-electron chi connectivity index (χ3n) is 3.76. The van der Waals surface area contributed by atoms with Gasteiger partial charge in [0, 0.05) is 32.5 Å². The number of rotatable bonds is 5. The molecular formula is C14H23N5O2. The van der Waals surface area contributed by atoms with Crippen LogP contribution in [0, 0.1) is 0 Å². The highest BCUT2D eigenvalue weighted by molar-refractivity contribution is 5.88. The van der Waals surface area contributed by atoms with Crippen LogP contribution in [0.1, 0.15) is 13.0 Å². The predicted molar refractivity (Wildman–Crippen MR) is 78.7 cm³/mol. The van der Waals surface area contributed by atoms with E-state index in [9.17, 15) is 4.79 Å². The summed E-state index contributed by atoms with van der Waals surface area (Å²) in [7, 11) is 5.67. The Morgan fingerprint density at radius 1 is 1.48 bits per heavy atom. The summed E-state index contributed by atoms with van der Waals surface area (Å²) in [6, 6.07) is 0.356. The number of likely N-dealkylation sites (N-methyl/N-ethyl adjacent to an activating group) is 1. The van der Waals surface area contributed by atoms with Gasteiger partial charge in [-0.1, -0.05) is 5.21 Å². The van der Waals surface area contributed by atoms with E-state index in [4.69, 9.17) is 4.74 Å². The average molecular weight is 293 g/mol. The summed E-state index contributed by atoms with van der Waals surface area (Å²) >= 11 is 0. The summed E-state index contributed by atoms with van der Waals surface area (Å²) in [4.78, 5) is 16.3. The molecule has 1 aliphatic rings. The maximum absolute atomic E-state index is 12.3. The lowest BCUT2D eigenvalue weighted by atomic mass is 10.1. The van der Waals surface area contributed by atoms with Gasteiger partial charge in [0.25, 0.3) is 0 Å². The number of ether oxygens (including phenoxy) is 1. The first-order valence-corrected chi connectivity index (χ1v) is 7.00. The zero-order valence-corrected chi connectivity index (χ0v) is 13.1. The Kier molecular flexibility index (Phi) is 5.08. The van der Waals surface area contributed by atoms with Gasteiger partial charge in [-0.15, -0.1) is 5.10 Å². The van der Waals surface area contributed by atoms with Crippen molar-refractivity contribution in [3.8, 4) is 0 Å². The summed E-state index contributed by atoms with van der Waals surface area (Å²) in [5.74, 6) is 0.0269. The van der Waals surface area contributed by atoms with Gasteiger partial charge in [0.1, 0.15) is 0 Å². The van der Waals surface area contributed by atoms with Crippen molar-refractivity contribution in [3.05, 3.63) is 24.0 Å². The number of carbonyl (C=O) groups is 1. The van der Waals surface area contributed by atoms with Crippen LogP contribution in [-0.4, -0.2) is 77.6 Å². The van der Waals surface area contributed by atoms with Crippen LogP contribution < -0.4 is 0 Å². The van der Waals surface area contributed by atoms with Crippen molar-refractivity contribution in [2.75, 3.05) is 40.9 Å². The first-order chi connectivity index (χ1) is 10.0. The van der Waals surface area contributed by atoms with Gasteiger partial charge in [0.15, 0.2) is 0 Å². The van der Waals surface area contributed by atoms with Crippen LogP contribution in [0.25, 0.3) is 0 Å². The van der Waals surface area contributed by atoms with E-state index >= 15 is 0 Å². The molecule has 0 radical (unpaired) electrons. The highest BCUT2D eigenvalue weighted by atomic mass is 16.5. The number of carbonyl (C=O) groups excluding carboxylic acids is 1. The number of amides is 1. The van der Waals surface area contributed by atoms with E-state index in [0.717, 1.165) is 5.57 Å². The zero-order chi connectivity index (χ0) is 15.4. The molecule has 0 spiro atoms. The molecule has 1 aliphatic heterocycles. The minimum Gasteiger partial charge on any atom is -0.380 e. The molecule has 116 valence electrons. The fraction of sp³-hybridized carbons (Fsp3) is 0.643. The number of likely N-dealkylation sites (tertiary alicyclic amines) is 1. The van der Waals surface area contributed by atoms with Crippen LogP contribution in [-0.2, 0) is 9.53 Å². The molecular weight excluding hydrogens is 270 g/mol. The average Bonchev–Trinajstić information content (AvgIpc) is 3.07. The van der Waals surface area contributed by atoms with Crippen molar-refractivity contribution >= 4 is 5.91 Å². The number of aromatic nitrogens is 3. The smallest absolute Gasteiger partial charge is 0.246 e. The molecule has 2 heterocycles. The molecule has 21 heavy (non-hydrogen) atoms. The van der Waals surface area contributed by atoms with E-state index in [2.05, 4.69) is 15.2 Å². The van der Waals surface area contributed by atoms with E-state index in [1.54, 1.807) is 19.4 Å². The number of methoxy groups -OCH3 is 1. The zero-order valence-electron chi connectivity index (χ0n) is 13.1. The first-order valence-electron chi connectivity index (χ1n) is 7.00. The van der Waals surface area contributed by atoms with Crippen molar-refractivity contribution in [2.24, 2.45) is 0 Å². The topological polar surface area (TPSA) is 63.5 Å². The Bertz CT molecular complexity index is 497. The van der Waals surface area contributed by atoms with E-state index in [1.807, 2.05) is 36.8 Å². The van der Waals surface area contributed by atoms with Crippen molar-refractivity contribution in [3.63, 3.8) is 0 Å². The third-order valence-corrected chi connectivity index (χ3v) is 3.76. The predicted octanol–water partition coefficient (Wildman–Crippen LogP) is 0.184. The molecule has 0 saturated carbocycles. The van der Waals surface area contributed by atoms with Crippen LogP contribution in [0.3, 0.4) is 0 Å². The summed E-state index contributed by atoms with van der Waals surface area (Å²) in [5, 5.41) is 7.95. The SMILES string of the molecule is COC/C(C)=C/C(=O)N1C[C@@H](N(C)C)[C@@H](n2ccnn2)C1. The van der Waals surface area contributed by atoms with Crippen molar-refractivity contribution in [1.29, 1.82) is 0 Å². The molecule has 1 aromatic heterocycles. The summed E-state index contributed by atoms with van der Waals surface area (Å²) in [6.07, 6.45) is 5.17. The van der Waals surface area contributed by atoms with Crippen LogP contribution in [0.15, 0.2) is 24.0 Å². The Morgan fingerprint density at radius 3 is 2.81 bits per heavy atom. The van der Waals surface area contributed by atoms with E-state index in [1.165, 1.54) is 0 Å². The Balaban J connectivity index is 2.10. The quantitative estimate of drug-likeness (QED) is 0.725. The molecule has 7 heteroatoms. The van der Waals surface area contributed by atoms with Crippen molar-refractivity contribution < 1.29 is 9.53 Å². The minimum absolute atomic E-state index is 0.0269. The van der Waals surface area contributed by atoms with E-state index in [-0.39, 0.29) is 18.0 Å². The van der Waals surface area contributed by atoms with Crippen LogP contribution in [0.5, 0.6) is 0 Å². The standard InChI is InChI=1S/C14H23N5O2/c1-11(10-21-4)7-14(20)18-8-12(17(2)3)13(9-18)19-6-5-15-16-19/h5-7,12-13H,8-10H2,1-4H3/b11-7+/t12-,13+/m1/s1. The third kappa shape index (κ3) is 3.68. The maximum atomic E-state index is 12.3. The molecule has 2 rings (SSSR count). The van der Waals surface area contributed by atoms with E-state index in [0.29, 0.717) is 19.7 Å². The second kappa shape index (κ2) is 6.82. The van der Waals surface area contributed by atoms with Gasteiger partial charge in [-0.25, -0.2) is 4.68 Å². The molecule has 0 aliphatic carbocycles. The minimum atomic E-state index is 0.0269. The second-order valence-electron chi connectivity index (χ2n) is 5.65. The van der Waals surface area contributed by atoms with E-state index < -0.39 is 0 Å². The lowest BCUT2D eigenvalue weighted by Crippen LogP contribution is -2.37. The number of hydrogen-bond donors (Lipinski definition) is 0.